The molecular weight excluding hydrogens is 358 g/mol. The second kappa shape index (κ2) is 7.43. The Balaban J connectivity index is 1.48. The van der Waals surface area contributed by atoms with Crippen molar-refractivity contribution in [3.05, 3.63) is 35.4 Å². The van der Waals surface area contributed by atoms with Gasteiger partial charge in [0.05, 0.1) is 31.7 Å². The first-order valence-corrected chi connectivity index (χ1v) is 10.1. The first kappa shape index (κ1) is 17.5. The van der Waals surface area contributed by atoms with E-state index < -0.39 is 0 Å². The van der Waals surface area contributed by atoms with Crippen molar-refractivity contribution in [2.75, 3.05) is 55.7 Å². The molecule has 0 radical (unpaired) electrons. The zero-order valence-electron chi connectivity index (χ0n) is 16.0. The number of nitrogens with zero attached hydrogens (tertiary/aromatic N) is 5. The average molecular weight is 383 g/mol. The highest BCUT2D eigenvalue weighted by atomic mass is 16.5. The third kappa shape index (κ3) is 3.22. The summed E-state index contributed by atoms with van der Waals surface area (Å²) in [7, 11) is 0. The second-order valence-electron chi connectivity index (χ2n) is 7.52. The van der Waals surface area contributed by atoms with Gasteiger partial charge in [0.25, 0.3) is 5.91 Å². The minimum Gasteiger partial charge on any atom is -0.459 e. The van der Waals surface area contributed by atoms with E-state index in [1.165, 1.54) is 12.8 Å². The summed E-state index contributed by atoms with van der Waals surface area (Å²) in [5.74, 6) is 2.12. The summed E-state index contributed by atoms with van der Waals surface area (Å²) >= 11 is 0. The van der Waals surface area contributed by atoms with Crippen LogP contribution in [0.15, 0.2) is 22.8 Å². The Kier molecular flexibility index (Phi) is 4.64. The summed E-state index contributed by atoms with van der Waals surface area (Å²) < 4.78 is 10.8. The molecule has 0 aromatic carbocycles. The monoisotopic (exact) mass is 383 g/mol. The maximum atomic E-state index is 12.8. The van der Waals surface area contributed by atoms with Gasteiger partial charge in [-0.1, -0.05) is 0 Å². The number of carbonyl (C=O) groups excluding carboxylic acids is 1. The van der Waals surface area contributed by atoms with E-state index in [0.717, 1.165) is 55.6 Å². The third-order valence-corrected chi connectivity index (χ3v) is 5.75. The van der Waals surface area contributed by atoms with Crippen LogP contribution >= 0.6 is 0 Å². The molecule has 0 bridgehead atoms. The van der Waals surface area contributed by atoms with Gasteiger partial charge in [-0.05, 0) is 25.0 Å². The van der Waals surface area contributed by atoms with E-state index in [4.69, 9.17) is 19.1 Å². The van der Waals surface area contributed by atoms with Crippen LogP contribution in [0.1, 0.15) is 34.7 Å². The normalized spacial score (nSPS) is 19.8. The Morgan fingerprint density at radius 1 is 1.00 bits per heavy atom. The number of fused-ring (bicyclic) bond motifs is 1. The first-order valence-electron chi connectivity index (χ1n) is 10.1. The molecule has 2 aromatic heterocycles. The Bertz CT molecular complexity index is 842. The molecule has 0 N–H and O–H groups in total. The highest BCUT2D eigenvalue weighted by molar-refractivity contribution is 5.91. The molecule has 1 amide bonds. The van der Waals surface area contributed by atoms with Crippen LogP contribution in [0.4, 0.5) is 11.8 Å². The van der Waals surface area contributed by atoms with E-state index in [2.05, 4.69) is 9.80 Å². The Hall–Kier alpha value is -2.61. The van der Waals surface area contributed by atoms with Crippen LogP contribution in [0.25, 0.3) is 0 Å². The number of amides is 1. The van der Waals surface area contributed by atoms with E-state index in [-0.39, 0.29) is 5.91 Å². The zero-order chi connectivity index (χ0) is 18.9. The van der Waals surface area contributed by atoms with Gasteiger partial charge in [0.15, 0.2) is 5.76 Å². The van der Waals surface area contributed by atoms with Crippen molar-refractivity contribution in [3.63, 3.8) is 0 Å². The predicted molar refractivity (Wildman–Crippen MR) is 104 cm³/mol. The minimum absolute atomic E-state index is 0.0692. The fourth-order valence-electron chi connectivity index (χ4n) is 4.21. The summed E-state index contributed by atoms with van der Waals surface area (Å²) in [6, 6.07) is 3.47. The van der Waals surface area contributed by atoms with Crippen molar-refractivity contribution >= 4 is 17.7 Å². The van der Waals surface area contributed by atoms with Crippen molar-refractivity contribution < 1.29 is 13.9 Å². The average Bonchev–Trinajstić information content (AvgIpc) is 3.47. The molecule has 3 aliphatic rings. The van der Waals surface area contributed by atoms with Crippen molar-refractivity contribution in [1.29, 1.82) is 0 Å². The second-order valence-corrected chi connectivity index (χ2v) is 7.52. The zero-order valence-corrected chi connectivity index (χ0v) is 16.0. The predicted octanol–water partition coefficient (Wildman–Crippen LogP) is 1.70. The summed E-state index contributed by atoms with van der Waals surface area (Å²) in [6.45, 7) is 6.27. The molecule has 8 heteroatoms. The Morgan fingerprint density at radius 3 is 2.57 bits per heavy atom. The van der Waals surface area contributed by atoms with Gasteiger partial charge >= 0.3 is 0 Å². The van der Waals surface area contributed by atoms with Gasteiger partial charge in [0, 0.05) is 44.7 Å². The lowest BCUT2D eigenvalue weighted by atomic mass is 10.1. The minimum atomic E-state index is -0.0692. The number of hydrogen-bond donors (Lipinski definition) is 0. The molecule has 148 valence electrons. The van der Waals surface area contributed by atoms with Crippen molar-refractivity contribution in [1.82, 2.24) is 14.9 Å². The van der Waals surface area contributed by atoms with E-state index in [1.807, 2.05) is 4.90 Å². The van der Waals surface area contributed by atoms with E-state index in [0.29, 0.717) is 32.1 Å². The molecule has 2 fully saturated rings. The summed E-state index contributed by atoms with van der Waals surface area (Å²) in [4.78, 5) is 29.1. The van der Waals surface area contributed by atoms with Crippen molar-refractivity contribution in [2.45, 2.75) is 25.8 Å². The number of carbonyl (C=O) groups is 1. The lowest BCUT2D eigenvalue weighted by Crippen LogP contribution is -2.40. The molecule has 0 unspecified atom stereocenters. The summed E-state index contributed by atoms with van der Waals surface area (Å²) in [5.41, 5.74) is 2.16. The van der Waals surface area contributed by atoms with E-state index >= 15 is 0 Å². The molecule has 0 saturated carbocycles. The standard InChI is InChI=1S/C20H25N5O3/c26-19(17-4-3-11-28-17)25-8-5-16-15(14-25)18(23-6-1-2-7-23)22-20(21-16)24-9-12-27-13-10-24/h3-4,11H,1-2,5-10,12-14H2. The molecule has 5 heterocycles. The van der Waals surface area contributed by atoms with Gasteiger partial charge in [-0.3, -0.25) is 4.79 Å². The molecule has 8 nitrogen and oxygen atoms in total. The van der Waals surface area contributed by atoms with Gasteiger partial charge in [-0.2, -0.15) is 4.98 Å². The largest absolute Gasteiger partial charge is 0.459 e. The number of hydrogen-bond acceptors (Lipinski definition) is 7. The lowest BCUT2D eigenvalue weighted by Gasteiger charge is -2.33. The van der Waals surface area contributed by atoms with Gasteiger partial charge in [-0.15, -0.1) is 0 Å². The fourth-order valence-corrected chi connectivity index (χ4v) is 4.21. The topological polar surface area (TPSA) is 74.9 Å². The van der Waals surface area contributed by atoms with Crippen LogP contribution in [0, 0.1) is 0 Å². The molecule has 5 rings (SSSR count). The molecule has 2 saturated heterocycles. The Labute approximate surface area is 164 Å². The highest BCUT2D eigenvalue weighted by Gasteiger charge is 2.30. The van der Waals surface area contributed by atoms with Crippen LogP contribution in [0.3, 0.4) is 0 Å². The molecular formula is C20H25N5O3. The van der Waals surface area contributed by atoms with Gasteiger partial charge < -0.3 is 23.9 Å². The van der Waals surface area contributed by atoms with Gasteiger partial charge in [0.2, 0.25) is 5.95 Å². The number of furan rings is 1. The van der Waals surface area contributed by atoms with Crippen LogP contribution in [0.5, 0.6) is 0 Å². The van der Waals surface area contributed by atoms with Crippen LogP contribution in [0.2, 0.25) is 0 Å². The molecule has 0 spiro atoms. The number of anilines is 2. The van der Waals surface area contributed by atoms with Crippen LogP contribution in [-0.2, 0) is 17.7 Å². The smallest absolute Gasteiger partial charge is 0.289 e. The molecule has 0 atom stereocenters. The number of aromatic nitrogens is 2. The van der Waals surface area contributed by atoms with Crippen molar-refractivity contribution in [2.24, 2.45) is 0 Å². The van der Waals surface area contributed by atoms with Crippen molar-refractivity contribution in [3.8, 4) is 0 Å². The molecule has 2 aromatic rings. The number of morpholine rings is 1. The summed E-state index contributed by atoms with van der Waals surface area (Å²) in [6.07, 6.45) is 4.64. The quantitative estimate of drug-likeness (QED) is 0.799. The van der Waals surface area contributed by atoms with E-state index in [1.54, 1.807) is 18.4 Å². The number of rotatable bonds is 3. The molecule has 3 aliphatic heterocycles. The highest BCUT2D eigenvalue weighted by Crippen LogP contribution is 2.31. The van der Waals surface area contributed by atoms with Crippen LogP contribution < -0.4 is 9.80 Å². The first-order chi connectivity index (χ1) is 13.8. The van der Waals surface area contributed by atoms with Gasteiger partial charge in [0.1, 0.15) is 5.82 Å². The Morgan fingerprint density at radius 2 is 1.82 bits per heavy atom. The van der Waals surface area contributed by atoms with E-state index in [9.17, 15) is 4.79 Å². The van der Waals surface area contributed by atoms with Crippen LogP contribution in [-0.4, -0.2) is 66.7 Å². The fraction of sp³-hybridized carbons (Fsp3) is 0.550. The van der Waals surface area contributed by atoms with Gasteiger partial charge in [-0.25, -0.2) is 4.98 Å². The molecule has 28 heavy (non-hydrogen) atoms. The maximum absolute atomic E-state index is 12.8. The number of ether oxygens (including phenoxy) is 1. The molecule has 0 aliphatic carbocycles. The lowest BCUT2D eigenvalue weighted by molar-refractivity contribution is 0.0701. The summed E-state index contributed by atoms with van der Waals surface area (Å²) in [5, 5.41) is 0. The third-order valence-electron chi connectivity index (χ3n) is 5.75. The SMILES string of the molecule is O=C(c1ccco1)N1CCc2nc(N3CCOCC3)nc(N3CCCC3)c2C1. The maximum Gasteiger partial charge on any atom is 0.289 e.